The zero-order valence-corrected chi connectivity index (χ0v) is 20.1. The number of nitrogens with zero attached hydrogens (tertiary/aromatic N) is 2. The van der Waals surface area contributed by atoms with Gasteiger partial charge in [-0.3, -0.25) is 4.79 Å². The number of hydrogen-bond donors (Lipinski definition) is 2. The lowest BCUT2D eigenvalue weighted by molar-refractivity contribution is 0.0316. The highest BCUT2D eigenvalue weighted by Gasteiger charge is 2.45. The first-order valence-electron chi connectivity index (χ1n) is 12.6. The summed E-state index contributed by atoms with van der Waals surface area (Å²) in [4.78, 5) is 29.1. The number of piperidine rings is 2. The van der Waals surface area contributed by atoms with Crippen LogP contribution in [0.25, 0.3) is 0 Å². The van der Waals surface area contributed by atoms with Crippen molar-refractivity contribution in [3.63, 3.8) is 0 Å². The minimum atomic E-state index is -0.313. The van der Waals surface area contributed by atoms with Crippen LogP contribution in [0, 0.1) is 0 Å². The summed E-state index contributed by atoms with van der Waals surface area (Å²) in [6.07, 6.45) is 3.99. The zero-order valence-electron chi connectivity index (χ0n) is 20.1. The lowest BCUT2D eigenvalue weighted by atomic mass is 9.92. The lowest BCUT2D eigenvalue weighted by Gasteiger charge is -2.32. The minimum absolute atomic E-state index is 0.0541. The number of hydrogen-bond acceptors (Lipinski definition) is 6. The SMILES string of the molecule is Nc1ccc(OC2CCN(C(=O)c3ccc(CCN4CC5(CCNCC5)OC4=O)cc3)CC2)cc1. The maximum atomic E-state index is 13.0. The molecular weight excluding hydrogens is 444 g/mol. The monoisotopic (exact) mass is 478 g/mol. The second kappa shape index (κ2) is 10.2. The van der Waals surface area contributed by atoms with E-state index in [2.05, 4.69) is 5.32 Å². The van der Waals surface area contributed by atoms with E-state index in [0.717, 1.165) is 56.5 Å². The average molecular weight is 479 g/mol. The highest BCUT2D eigenvalue weighted by Crippen LogP contribution is 2.31. The van der Waals surface area contributed by atoms with Crippen molar-refractivity contribution < 1.29 is 19.1 Å². The first kappa shape index (κ1) is 23.5. The summed E-state index contributed by atoms with van der Waals surface area (Å²) in [7, 11) is 0. The Balaban J connectivity index is 1.09. The number of rotatable bonds is 6. The smallest absolute Gasteiger partial charge is 0.410 e. The van der Waals surface area contributed by atoms with Gasteiger partial charge in [-0.1, -0.05) is 12.1 Å². The molecule has 0 bridgehead atoms. The Labute approximate surface area is 206 Å². The van der Waals surface area contributed by atoms with Crippen molar-refractivity contribution in [2.45, 2.75) is 43.8 Å². The normalized spacial score (nSPS) is 20.2. The molecule has 0 radical (unpaired) electrons. The molecule has 8 heteroatoms. The van der Waals surface area contributed by atoms with Crippen LogP contribution in [0.1, 0.15) is 41.6 Å². The van der Waals surface area contributed by atoms with Gasteiger partial charge in [0.2, 0.25) is 0 Å². The van der Waals surface area contributed by atoms with Crippen LogP contribution >= 0.6 is 0 Å². The van der Waals surface area contributed by atoms with Crippen molar-refractivity contribution in [2.24, 2.45) is 0 Å². The summed E-state index contributed by atoms with van der Waals surface area (Å²) in [5, 5.41) is 3.32. The van der Waals surface area contributed by atoms with Gasteiger partial charge in [-0.2, -0.15) is 0 Å². The van der Waals surface area contributed by atoms with Crippen LogP contribution in [-0.2, 0) is 11.2 Å². The fourth-order valence-electron chi connectivity index (χ4n) is 5.18. The van der Waals surface area contributed by atoms with Crippen molar-refractivity contribution >= 4 is 17.7 Å². The van der Waals surface area contributed by atoms with Gasteiger partial charge < -0.3 is 30.3 Å². The predicted molar refractivity (Wildman–Crippen MR) is 133 cm³/mol. The Kier molecular flexibility index (Phi) is 6.81. The lowest BCUT2D eigenvalue weighted by Crippen LogP contribution is -2.45. The van der Waals surface area contributed by atoms with Crippen LogP contribution in [0.3, 0.4) is 0 Å². The van der Waals surface area contributed by atoms with Gasteiger partial charge in [0.15, 0.2) is 0 Å². The van der Waals surface area contributed by atoms with Gasteiger partial charge in [0.25, 0.3) is 5.91 Å². The van der Waals surface area contributed by atoms with Crippen LogP contribution in [0.4, 0.5) is 10.5 Å². The summed E-state index contributed by atoms with van der Waals surface area (Å²) in [6, 6.07) is 15.2. The average Bonchev–Trinajstić information content (AvgIpc) is 3.19. The molecule has 1 spiro atoms. The van der Waals surface area contributed by atoms with Gasteiger partial charge in [-0.15, -0.1) is 0 Å². The molecule has 8 nitrogen and oxygen atoms in total. The van der Waals surface area contributed by atoms with E-state index in [-0.39, 0.29) is 23.7 Å². The van der Waals surface area contributed by atoms with E-state index in [1.54, 1.807) is 0 Å². The molecule has 3 aliphatic heterocycles. The van der Waals surface area contributed by atoms with Gasteiger partial charge in [-0.05, 0) is 61.5 Å². The molecule has 2 aromatic carbocycles. The third kappa shape index (κ3) is 5.53. The van der Waals surface area contributed by atoms with E-state index in [0.29, 0.717) is 37.4 Å². The van der Waals surface area contributed by atoms with Gasteiger partial charge in [0.1, 0.15) is 17.5 Å². The van der Waals surface area contributed by atoms with Crippen molar-refractivity contribution in [1.82, 2.24) is 15.1 Å². The number of anilines is 1. The molecule has 35 heavy (non-hydrogen) atoms. The van der Waals surface area contributed by atoms with Crippen LogP contribution in [0.15, 0.2) is 48.5 Å². The van der Waals surface area contributed by atoms with Crippen LogP contribution < -0.4 is 15.8 Å². The summed E-state index contributed by atoms with van der Waals surface area (Å²) < 4.78 is 11.8. The first-order valence-corrected chi connectivity index (χ1v) is 12.6. The van der Waals surface area contributed by atoms with Crippen LogP contribution in [0.2, 0.25) is 0 Å². The topological polar surface area (TPSA) is 97.1 Å². The molecule has 3 N–H and O–H groups in total. The fraction of sp³-hybridized carbons (Fsp3) is 0.481. The van der Waals surface area contributed by atoms with Crippen LogP contribution in [0.5, 0.6) is 5.75 Å². The van der Waals surface area contributed by atoms with Crippen molar-refractivity contribution in [1.29, 1.82) is 0 Å². The van der Waals surface area contributed by atoms with Gasteiger partial charge in [0, 0.05) is 56.6 Å². The molecule has 0 aromatic heterocycles. The van der Waals surface area contributed by atoms with Gasteiger partial charge >= 0.3 is 6.09 Å². The number of nitrogen functional groups attached to an aromatic ring is 1. The summed E-state index contributed by atoms with van der Waals surface area (Å²) in [5.41, 5.74) is 7.94. The Morgan fingerprint density at radius 3 is 2.43 bits per heavy atom. The van der Waals surface area contributed by atoms with E-state index in [9.17, 15) is 9.59 Å². The van der Waals surface area contributed by atoms with E-state index < -0.39 is 0 Å². The standard InChI is InChI=1S/C27H34N4O4/c28-22-5-7-23(8-6-22)34-24-10-17-30(18-11-24)25(32)21-3-1-20(2-4-21)9-16-31-19-27(35-26(31)33)12-14-29-15-13-27/h1-8,24,29H,9-19,28H2. The quantitative estimate of drug-likeness (QED) is 0.620. The molecule has 3 aliphatic rings. The fourth-order valence-corrected chi connectivity index (χ4v) is 5.18. The first-order chi connectivity index (χ1) is 17.0. The number of carbonyl (C=O) groups is 2. The maximum absolute atomic E-state index is 13.0. The van der Waals surface area contributed by atoms with E-state index in [4.69, 9.17) is 15.2 Å². The predicted octanol–water partition coefficient (Wildman–Crippen LogP) is 3.07. The highest BCUT2D eigenvalue weighted by molar-refractivity contribution is 5.94. The molecule has 3 fully saturated rings. The number of likely N-dealkylation sites (tertiary alicyclic amines) is 1. The van der Waals surface area contributed by atoms with E-state index in [1.165, 1.54) is 0 Å². The second-order valence-corrected chi connectivity index (χ2v) is 9.85. The van der Waals surface area contributed by atoms with Gasteiger partial charge in [-0.25, -0.2) is 4.79 Å². The summed E-state index contributed by atoms with van der Waals surface area (Å²) >= 11 is 0. The van der Waals surface area contributed by atoms with Crippen molar-refractivity contribution in [3.05, 3.63) is 59.7 Å². The van der Waals surface area contributed by atoms with E-state index >= 15 is 0 Å². The minimum Gasteiger partial charge on any atom is -0.490 e. The molecule has 3 heterocycles. The Morgan fingerprint density at radius 1 is 1.06 bits per heavy atom. The molecule has 2 amide bonds. The largest absolute Gasteiger partial charge is 0.490 e. The third-order valence-corrected chi connectivity index (χ3v) is 7.34. The Hall–Kier alpha value is -3.26. The molecule has 3 saturated heterocycles. The molecule has 0 saturated carbocycles. The van der Waals surface area contributed by atoms with Crippen molar-refractivity contribution in [2.75, 3.05) is 45.0 Å². The number of nitrogens with two attached hydrogens (primary N) is 1. The molecule has 2 aromatic rings. The zero-order chi connectivity index (χ0) is 24.3. The molecule has 0 unspecified atom stereocenters. The number of nitrogens with one attached hydrogen (secondary N) is 1. The number of carbonyl (C=O) groups excluding carboxylic acids is 2. The number of ether oxygens (including phenoxy) is 2. The molecule has 5 rings (SSSR count). The molecular formula is C27H34N4O4. The Bertz CT molecular complexity index is 1030. The Morgan fingerprint density at radius 2 is 1.74 bits per heavy atom. The molecule has 0 aliphatic carbocycles. The number of benzene rings is 2. The molecule has 0 atom stereocenters. The number of amides is 2. The summed E-state index contributed by atoms with van der Waals surface area (Å²) in [5.74, 6) is 0.867. The highest BCUT2D eigenvalue weighted by atomic mass is 16.6. The molecule has 186 valence electrons. The van der Waals surface area contributed by atoms with E-state index in [1.807, 2.05) is 58.3 Å². The third-order valence-electron chi connectivity index (χ3n) is 7.34. The van der Waals surface area contributed by atoms with Crippen molar-refractivity contribution in [3.8, 4) is 5.75 Å². The summed E-state index contributed by atoms with van der Waals surface area (Å²) in [6.45, 7) is 4.43. The van der Waals surface area contributed by atoms with Crippen LogP contribution in [-0.4, -0.2) is 72.8 Å². The van der Waals surface area contributed by atoms with Gasteiger partial charge in [0.05, 0.1) is 6.54 Å². The maximum Gasteiger partial charge on any atom is 0.410 e. The second-order valence-electron chi connectivity index (χ2n) is 9.85.